The number of hydrogen-bond acceptors (Lipinski definition) is 2. The van der Waals surface area contributed by atoms with Crippen molar-refractivity contribution < 1.29 is 22.8 Å². The molecule has 0 spiro atoms. The van der Waals surface area contributed by atoms with Gasteiger partial charge in [0.15, 0.2) is 5.78 Å². The molecule has 0 heterocycles. The van der Waals surface area contributed by atoms with Crippen LogP contribution in [0.15, 0.2) is 59.6 Å². The summed E-state index contributed by atoms with van der Waals surface area (Å²) in [5.74, 6) is -0.487. The van der Waals surface area contributed by atoms with Crippen LogP contribution < -0.4 is 0 Å². The first-order valence-corrected chi connectivity index (χ1v) is 15.8. The molecule has 2 aliphatic carbocycles. The van der Waals surface area contributed by atoms with Crippen LogP contribution in [0.2, 0.25) is 5.02 Å². The molecule has 7 heteroatoms. The molecule has 0 saturated heterocycles. The average Bonchev–Trinajstić information content (AvgIpc) is 2.95. The van der Waals surface area contributed by atoms with Crippen LogP contribution in [-0.2, 0) is 22.2 Å². The van der Waals surface area contributed by atoms with Gasteiger partial charge in [0.05, 0.1) is 10.6 Å². The molecule has 1 atom stereocenters. The van der Waals surface area contributed by atoms with Gasteiger partial charge in [-0.05, 0) is 113 Å². The number of carbonyl (C=O) groups is 2. The first-order valence-electron chi connectivity index (χ1n) is 14.6. The Labute approximate surface area is 254 Å². The van der Waals surface area contributed by atoms with E-state index < -0.39 is 17.7 Å². The third-order valence-corrected chi connectivity index (χ3v) is 9.90. The van der Waals surface area contributed by atoms with Gasteiger partial charge in [-0.1, -0.05) is 68.1 Å². The Balaban J connectivity index is 1.66. The molecule has 1 unspecified atom stereocenters. The van der Waals surface area contributed by atoms with E-state index in [1.54, 1.807) is 6.07 Å². The lowest BCUT2D eigenvalue weighted by Gasteiger charge is -2.27. The van der Waals surface area contributed by atoms with Gasteiger partial charge in [0.2, 0.25) is 0 Å². The molecule has 1 saturated carbocycles. The van der Waals surface area contributed by atoms with Crippen LogP contribution in [0.3, 0.4) is 0 Å². The summed E-state index contributed by atoms with van der Waals surface area (Å²) >= 11 is 10.2. The number of hydrogen-bond donors (Lipinski definition) is 0. The molecular formula is C34H37BrClF3O2. The zero-order valence-corrected chi connectivity index (χ0v) is 25.6. The van der Waals surface area contributed by atoms with Crippen molar-refractivity contribution in [1.82, 2.24) is 0 Å². The van der Waals surface area contributed by atoms with Crippen molar-refractivity contribution in [2.75, 3.05) is 0 Å². The van der Waals surface area contributed by atoms with E-state index in [0.717, 1.165) is 73.0 Å². The molecule has 2 aromatic carbocycles. The van der Waals surface area contributed by atoms with Crippen molar-refractivity contribution in [3.05, 3.63) is 86.9 Å². The number of benzene rings is 2. The van der Waals surface area contributed by atoms with Crippen molar-refractivity contribution >= 4 is 44.7 Å². The lowest BCUT2D eigenvalue weighted by Crippen LogP contribution is -2.20. The number of rotatable bonds is 4. The summed E-state index contributed by atoms with van der Waals surface area (Å²) in [6, 6.07) is 9.41. The van der Waals surface area contributed by atoms with Crippen molar-refractivity contribution in [3.63, 3.8) is 0 Å². The average molecular weight is 650 g/mol. The molecular weight excluding hydrogens is 613 g/mol. The predicted octanol–water partition coefficient (Wildman–Crippen LogP) is 10.7. The third-order valence-electron chi connectivity index (χ3n) is 8.70. The summed E-state index contributed by atoms with van der Waals surface area (Å²) in [5.41, 5.74) is 2.55. The smallest absolute Gasteiger partial charge is 0.299 e. The number of Topliss-reactive ketones (excluding diaryl/α,β-unsaturated/α-hetero) is 1. The molecule has 41 heavy (non-hydrogen) atoms. The Morgan fingerprint density at radius 2 is 1.63 bits per heavy atom. The lowest BCUT2D eigenvalue weighted by atomic mass is 9.77. The van der Waals surface area contributed by atoms with Crippen molar-refractivity contribution in [2.45, 2.75) is 89.1 Å². The highest BCUT2D eigenvalue weighted by molar-refractivity contribution is 9.10. The normalized spacial score (nSPS) is 24.5. The number of fused-ring (bicyclic) bond motifs is 1. The van der Waals surface area contributed by atoms with Crippen molar-refractivity contribution in [3.8, 4) is 0 Å². The quantitative estimate of drug-likeness (QED) is 0.309. The lowest BCUT2D eigenvalue weighted by molar-refractivity contribution is -0.138. The van der Waals surface area contributed by atoms with Gasteiger partial charge in [0, 0.05) is 22.7 Å². The molecule has 0 aliphatic heterocycles. The van der Waals surface area contributed by atoms with E-state index >= 15 is 0 Å². The minimum atomic E-state index is -4.53. The maximum Gasteiger partial charge on any atom is 0.416 e. The Hall–Kier alpha value is -2.18. The van der Waals surface area contributed by atoms with Gasteiger partial charge in [-0.3, -0.25) is 9.59 Å². The number of allylic oxidation sites excluding steroid dienone is 3. The molecule has 0 aromatic heterocycles. The third kappa shape index (κ3) is 8.01. The second-order valence-electron chi connectivity index (χ2n) is 11.3. The molecule has 2 aromatic rings. The van der Waals surface area contributed by atoms with E-state index in [1.807, 2.05) is 12.1 Å². The number of carbonyl (C=O) groups excluding carboxylic acids is 2. The molecule has 0 radical (unpaired) electrons. The SMILES string of the molecule is C=CC(=O)C1CCCCC(/C2=C/CCC(=O)C(c3ccccc3C(F)(F)F)CCc3cc(Br)c(Cl)cc32)CCCC1. The van der Waals surface area contributed by atoms with Crippen LogP contribution in [0, 0.1) is 11.8 Å². The Kier molecular flexibility index (Phi) is 11.1. The van der Waals surface area contributed by atoms with Gasteiger partial charge in [-0.2, -0.15) is 13.2 Å². The van der Waals surface area contributed by atoms with Gasteiger partial charge < -0.3 is 0 Å². The molecule has 0 N–H and O–H groups in total. The first kappa shape index (κ1) is 31.7. The van der Waals surface area contributed by atoms with Gasteiger partial charge in [0.1, 0.15) is 5.78 Å². The number of halogens is 5. The van der Waals surface area contributed by atoms with Crippen LogP contribution in [0.1, 0.15) is 98.8 Å². The summed E-state index contributed by atoms with van der Waals surface area (Å²) < 4.78 is 42.4. The monoisotopic (exact) mass is 648 g/mol. The molecule has 0 amide bonds. The van der Waals surface area contributed by atoms with Crippen LogP contribution in [-0.4, -0.2) is 11.6 Å². The summed E-state index contributed by atoms with van der Waals surface area (Å²) in [5, 5.41) is 0.590. The van der Waals surface area contributed by atoms with Crippen molar-refractivity contribution in [1.29, 1.82) is 0 Å². The van der Waals surface area contributed by atoms with Crippen LogP contribution in [0.25, 0.3) is 5.57 Å². The molecule has 2 nitrogen and oxygen atoms in total. The van der Waals surface area contributed by atoms with E-state index in [1.165, 1.54) is 23.8 Å². The largest absolute Gasteiger partial charge is 0.416 e. The fourth-order valence-electron chi connectivity index (χ4n) is 6.57. The molecule has 0 bridgehead atoms. The van der Waals surface area contributed by atoms with E-state index in [9.17, 15) is 22.8 Å². The summed E-state index contributed by atoms with van der Waals surface area (Å²) in [4.78, 5) is 25.7. The summed E-state index contributed by atoms with van der Waals surface area (Å²) in [6.45, 7) is 3.67. The second kappa shape index (κ2) is 14.3. The highest BCUT2D eigenvalue weighted by Crippen LogP contribution is 2.42. The fourth-order valence-corrected chi connectivity index (χ4v) is 7.12. The number of alkyl halides is 3. The number of aryl methyl sites for hydroxylation is 1. The maximum absolute atomic E-state index is 13.9. The minimum absolute atomic E-state index is 0.0601. The van der Waals surface area contributed by atoms with Crippen LogP contribution >= 0.6 is 27.5 Å². The first-order chi connectivity index (χ1) is 19.6. The molecule has 2 aliphatic rings. The maximum atomic E-state index is 13.9. The highest BCUT2D eigenvalue weighted by atomic mass is 79.9. The minimum Gasteiger partial charge on any atom is -0.299 e. The summed E-state index contributed by atoms with van der Waals surface area (Å²) in [7, 11) is 0. The molecule has 220 valence electrons. The van der Waals surface area contributed by atoms with E-state index in [2.05, 4.69) is 28.6 Å². The predicted molar refractivity (Wildman–Crippen MR) is 163 cm³/mol. The standard InChI is InChI=1S/C34H37BrClF3O2/c1-2-32(40)23-12-5-3-10-22(11-4-6-13-23)25-15-9-17-33(41)27(26-14-7-8-16-29(26)34(37,38)39)19-18-24-20-30(35)31(36)21-28(24)25/h2,7-8,14-16,20-23,27H,1,3-6,9-13,17-19H2/b25-15-. The zero-order chi connectivity index (χ0) is 29.6. The molecule has 4 rings (SSSR count). The van der Waals surface area contributed by atoms with Gasteiger partial charge in [-0.15, -0.1) is 0 Å². The summed E-state index contributed by atoms with van der Waals surface area (Å²) in [6.07, 6.45) is 8.13. The Morgan fingerprint density at radius 3 is 2.29 bits per heavy atom. The van der Waals surface area contributed by atoms with Gasteiger partial charge in [0.25, 0.3) is 0 Å². The fraction of sp³-hybridized carbons (Fsp3) is 0.471. The highest BCUT2D eigenvalue weighted by Gasteiger charge is 2.36. The van der Waals surface area contributed by atoms with E-state index in [4.69, 9.17) is 11.6 Å². The topological polar surface area (TPSA) is 34.1 Å². The zero-order valence-electron chi connectivity index (χ0n) is 23.2. The number of ketones is 2. The van der Waals surface area contributed by atoms with Crippen LogP contribution in [0.5, 0.6) is 0 Å². The van der Waals surface area contributed by atoms with E-state index in [-0.39, 0.29) is 35.4 Å². The Morgan fingerprint density at radius 1 is 0.976 bits per heavy atom. The van der Waals surface area contributed by atoms with Gasteiger partial charge >= 0.3 is 6.18 Å². The van der Waals surface area contributed by atoms with E-state index in [0.29, 0.717) is 24.3 Å². The van der Waals surface area contributed by atoms with Crippen LogP contribution in [0.4, 0.5) is 13.2 Å². The second-order valence-corrected chi connectivity index (χ2v) is 12.6. The Bertz CT molecular complexity index is 1290. The van der Waals surface area contributed by atoms with Gasteiger partial charge in [-0.25, -0.2) is 0 Å². The molecule has 1 fully saturated rings. The van der Waals surface area contributed by atoms with Crippen molar-refractivity contribution in [2.24, 2.45) is 11.8 Å².